The van der Waals surface area contributed by atoms with Crippen LogP contribution < -0.4 is 5.32 Å². The zero-order chi connectivity index (χ0) is 13.8. The van der Waals surface area contributed by atoms with E-state index < -0.39 is 5.97 Å². The van der Waals surface area contributed by atoms with Crippen molar-refractivity contribution in [2.24, 2.45) is 5.92 Å². The van der Waals surface area contributed by atoms with Crippen LogP contribution in [0.25, 0.3) is 0 Å². The maximum atomic E-state index is 12.0. The van der Waals surface area contributed by atoms with Crippen LogP contribution >= 0.6 is 11.3 Å². The molecular weight excluding hydrogens is 262 g/mol. The number of hydrogen-bond donors (Lipinski definition) is 2. The maximum absolute atomic E-state index is 12.0. The Morgan fingerprint density at radius 3 is 2.84 bits per heavy atom. The van der Waals surface area contributed by atoms with Crippen LogP contribution in [0.2, 0.25) is 0 Å². The van der Waals surface area contributed by atoms with E-state index >= 15 is 0 Å². The van der Waals surface area contributed by atoms with Crippen molar-refractivity contribution in [2.45, 2.75) is 39.0 Å². The van der Waals surface area contributed by atoms with Crippen molar-refractivity contribution >= 4 is 23.2 Å². The molecule has 2 rings (SSSR count). The molecule has 0 saturated heterocycles. The first-order chi connectivity index (χ1) is 9.06. The molecule has 1 aliphatic carbocycles. The number of carboxylic acids is 1. The van der Waals surface area contributed by atoms with Gasteiger partial charge in [-0.15, -0.1) is 11.3 Å². The molecule has 1 amide bonds. The number of thiophene rings is 1. The van der Waals surface area contributed by atoms with Crippen molar-refractivity contribution in [2.75, 3.05) is 6.54 Å². The van der Waals surface area contributed by atoms with Gasteiger partial charge in [0, 0.05) is 17.8 Å². The number of carbonyl (C=O) groups is 2. The molecule has 1 aromatic rings. The van der Waals surface area contributed by atoms with Gasteiger partial charge in [0.15, 0.2) is 0 Å². The SMILES string of the molecule is CC(CNC(=O)c1cc2c(s1)CCCC2)CC(=O)O. The molecule has 19 heavy (non-hydrogen) atoms. The number of aryl methyl sites for hydroxylation is 2. The first-order valence-corrected chi connectivity index (χ1v) is 7.49. The summed E-state index contributed by atoms with van der Waals surface area (Å²) < 4.78 is 0. The van der Waals surface area contributed by atoms with E-state index in [0.717, 1.165) is 17.7 Å². The Balaban J connectivity index is 1.89. The fourth-order valence-electron chi connectivity index (χ4n) is 2.33. The molecule has 1 atom stereocenters. The third-order valence-electron chi connectivity index (χ3n) is 3.35. The van der Waals surface area contributed by atoms with E-state index in [2.05, 4.69) is 5.32 Å². The molecule has 5 heteroatoms. The Labute approximate surface area is 116 Å². The molecule has 0 aromatic carbocycles. The molecule has 2 N–H and O–H groups in total. The first kappa shape index (κ1) is 14.1. The quantitative estimate of drug-likeness (QED) is 0.871. The van der Waals surface area contributed by atoms with E-state index in [-0.39, 0.29) is 18.2 Å². The van der Waals surface area contributed by atoms with Gasteiger partial charge < -0.3 is 10.4 Å². The third kappa shape index (κ3) is 3.80. The average Bonchev–Trinajstić information content (AvgIpc) is 2.78. The summed E-state index contributed by atoms with van der Waals surface area (Å²) >= 11 is 1.58. The van der Waals surface area contributed by atoms with Gasteiger partial charge in [-0.1, -0.05) is 6.92 Å². The Morgan fingerprint density at radius 1 is 1.42 bits per heavy atom. The fraction of sp³-hybridized carbons (Fsp3) is 0.571. The zero-order valence-electron chi connectivity index (χ0n) is 11.1. The van der Waals surface area contributed by atoms with Crippen molar-refractivity contribution in [3.63, 3.8) is 0 Å². The highest BCUT2D eigenvalue weighted by Gasteiger charge is 2.17. The summed E-state index contributed by atoms with van der Waals surface area (Å²) in [6.07, 6.45) is 4.67. The minimum atomic E-state index is -0.826. The van der Waals surface area contributed by atoms with Crippen molar-refractivity contribution in [3.8, 4) is 0 Å². The highest BCUT2D eigenvalue weighted by molar-refractivity contribution is 7.14. The van der Waals surface area contributed by atoms with Gasteiger partial charge in [-0.3, -0.25) is 9.59 Å². The molecule has 104 valence electrons. The lowest BCUT2D eigenvalue weighted by atomic mass is 9.99. The highest BCUT2D eigenvalue weighted by atomic mass is 32.1. The molecule has 4 nitrogen and oxygen atoms in total. The molecule has 0 bridgehead atoms. The lowest BCUT2D eigenvalue weighted by Crippen LogP contribution is -2.28. The minimum Gasteiger partial charge on any atom is -0.481 e. The summed E-state index contributed by atoms with van der Waals surface area (Å²) in [5, 5.41) is 11.5. The maximum Gasteiger partial charge on any atom is 0.303 e. The monoisotopic (exact) mass is 281 g/mol. The van der Waals surface area contributed by atoms with Crippen LogP contribution in [-0.2, 0) is 17.6 Å². The average molecular weight is 281 g/mol. The summed E-state index contributed by atoms with van der Waals surface area (Å²) in [5.41, 5.74) is 1.32. The number of carbonyl (C=O) groups excluding carboxylic acids is 1. The zero-order valence-corrected chi connectivity index (χ0v) is 11.9. The van der Waals surface area contributed by atoms with E-state index in [9.17, 15) is 9.59 Å². The van der Waals surface area contributed by atoms with Crippen molar-refractivity contribution in [1.29, 1.82) is 0 Å². The predicted octanol–water partition coefficient (Wildman–Crippen LogP) is 2.47. The van der Waals surface area contributed by atoms with Crippen molar-refractivity contribution in [3.05, 3.63) is 21.4 Å². The third-order valence-corrected chi connectivity index (χ3v) is 4.59. The van der Waals surface area contributed by atoms with Crippen LogP contribution in [0.5, 0.6) is 0 Å². The molecule has 0 fully saturated rings. The Kier molecular flexibility index (Phi) is 4.58. The molecule has 0 aliphatic heterocycles. The number of amides is 1. The molecule has 1 aromatic heterocycles. The van der Waals surface area contributed by atoms with E-state index in [1.807, 2.05) is 13.0 Å². The highest BCUT2D eigenvalue weighted by Crippen LogP contribution is 2.29. The van der Waals surface area contributed by atoms with E-state index in [1.54, 1.807) is 11.3 Å². The molecule has 0 spiro atoms. The Bertz CT molecular complexity index is 458. The lowest BCUT2D eigenvalue weighted by Gasteiger charge is -2.09. The number of rotatable bonds is 5. The summed E-state index contributed by atoms with van der Waals surface area (Å²) in [6.45, 7) is 2.24. The fourth-order valence-corrected chi connectivity index (χ4v) is 3.50. The smallest absolute Gasteiger partial charge is 0.303 e. The molecule has 0 saturated carbocycles. The molecule has 1 unspecified atom stereocenters. The van der Waals surface area contributed by atoms with E-state index in [0.29, 0.717) is 6.54 Å². The van der Waals surface area contributed by atoms with Gasteiger partial charge in [0.2, 0.25) is 0 Å². The van der Waals surface area contributed by atoms with Crippen LogP contribution in [0.3, 0.4) is 0 Å². The van der Waals surface area contributed by atoms with Crippen LogP contribution in [0, 0.1) is 5.92 Å². The summed E-state index contributed by atoms with van der Waals surface area (Å²) in [4.78, 5) is 24.7. The Hall–Kier alpha value is -1.36. The van der Waals surface area contributed by atoms with E-state index in [4.69, 9.17) is 5.11 Å². The molecule has 1 heterocycles. The summed E-state index contributed by atoms with van der Waals surface area (Å²) in [5.74, 6) is -0.944. The van der Waals surface area contributed by atoms with Gasteiger partial charge in [-0.05, 0) is 43.2 Å². The van der Waals surface area contributed by atoms with Crippen LogP contribution in [0.4, 0.5) is 0 Å². The van der Waals surface area contributed by atoms with Gasteiger partial charge in [0.1, 0.15) is 0 Å². The topological polar surface area (TPSA) is 66.4 Å². The Morgan fingerprint density at radius 2 is 2.16 bits per heavy atom. The van der Waals surface area contributed by atoms with Gasteiger partial charge in [0.25, 0.3) is 5.91 Å². The van der Waals surface area contributed by atoms with Gasteiger partial charge in [-0.25, -0.2) is 0 Å². The predicted molar refractivity (Wildman–Crippen MR) is 74.7 cm³/mol. The second kappa shape index (κ2) is 6.19. The number of carboxylic acid groups (broad SMARTS) is 1. The molecule has 1 aliphatic rings. The molecule has 0 radical (unpaired) electrons. The van der Waals surface area contributed by atoms with Gasteiger partial charge in [-0.2, -0.15) is 0 Å². The second-order valence-corrected chi connectivity index (χ2v) is 6.32. The normalized spacial score (nSPS) is 15.6. The van der Waals surface area contributed by atoms with Gasteiger partial charge in [0.05, 0.1) is 4.88 Å². The van der Waals surface area contributed by atoms with Gasteiger partial charge >= 0.3 is 5.97 Å². The standard InChI is InChI=1S/C14H19NO3S/c1-9(6-13(16)17)8-15-14(18)12-7-10-4-2-3-5-11(10)19-12/h7,9H,2-6,8H2,1H3,(H,15,18)(H,16,17). The van der Waals surface area contributed by atoms with Crippen molar-refractivity contribution in [1.82, 2.24) is 5.32 Å². The lowest BCUT2D eigenvalue weighted by molar-refractivity contribution is -0.137. The number of fused-ring (bicyclic) bond motifs is 1. The van der Waals surface area contributed by atoms with Crippen molar-refractivity contribution < 1.29 is 14.7 Å². The van der Waals surface area contributed by atoms with Crippen LogP contribution in [0.1, 0.15) is 46.3 Å². The number of aliphatic carboxylic acids is 1. The van der Waals surface area contributed by atoms with Crippen LogP contribution in [-0.4, -0.2) is 23.5 Å². The van der Waals surface area contributed by atoms with E-state index in [1.165, 1.54) is 23.3 Å². The van der Waals surface area contributed by atoms with Crippen LogP contribution in [0.15, 0.2) is 6.07 Å². The number of hydrogen-bond acceptors (Lipinski definition) is 3. The summed E-state index contributed by atoms with van der Waals surface area (Å²) in [6, 6.07) is 2.00. The minimum absolute atomic E-state index is 0.0453. The first-order valence-electron chi connectivity index (χ1n) is 6.68. The number of nitrogens with one attached hydrogen (secondary N) is 1. The molecular formula is C14H19NO3S. The second-order valence-electron chi connectivity index (χ2n) is 5.18. The largest absolute Gasteiger partial charge is 0.481 e. The summed E-state index contributed by atoms with van der Waals surface area (Å²) in [7, 11) is 0.